The van der Waals surface area contributed by atoms with Crippen LogP contribution in [0, 0.1) is 0 Å². The molecular weight excluding hydrogens is 266 g/mol. The zero-order valence-electron chi connectivity index (χ0n) is 8.08. The second-order valence-electron chi connectivity index (χ2n) is 2.72. The summed E-state index contributed by atoms with van der Waals surface area (Å²) >= 11 is 4.99. The molecule has 1 N–H and O–H groups in total. The molecule has 1 aromatic heterocycles. The predicted molar refractivity (Wildman–Crippen MR) is 64.0 cm³/mol. The lowest BCUT2D eigenvalue weighted by Gasteiger charge is -2.07. The van der Waals surface area contributed by atoms with Crippen molar-refractivity contribution in [2.75, 3.05) is 23.9 Å². The molecule has 1 rings (SSSR count). The Labute approximate surface area is 95.2 Å². The Morgan fingerprint density at radius 3 is 3.07 bits per heavy atom. The third kappa shape index (κ3) is 2.75. The first-order valence-electron chi connectivity index (χ1n) is 4.11. The van der Waals surface area contributed by atoms with Gasteiger partial charge >= 0.3 is 0 Å². The Hall–Kier alpha value is -0.490. The fourth-order valence-corrected chi connectivity index (χ4v) is 1.73. The summed E-state index contributed by atoms with van der Waals surface area (Å²) in [5.74, 6) is 1.00. The van der Waals surface area contributed by atoms with Gasteiger partial charge in [-0.05, 0) is 22.2 Å². The first-order chi connectivity index (χ1) is 6.66. The topological polar surface area (TPSA) is 46.9 Å². The minimum atomic E-state index is -0.126. The smallest absolute Gasteiger partial charge is 0.282 e. The van der Waals surface area contributed by atoms with E-state index >= 15 is 0 Å². The van der Waals surface area contributed by atoms with Crippen molar-refractivity contribution in [3.63, 3.8) is 0 Å². The van der Waals surface area contributed by atoms with Crippen molar-refractivity contribution >= 4 is 33.4 Å². The number of hydrogen-bond acceptors (Lipinski definition) is 4. The molecular formula is C8H12BrN3OS. The van der Waals surface area contributed by atoms with Gasteiger partial charge in [-0.25, -0.2) is 4.68 Å². The molecule has 1 aromatic rings. The lowest BCUT2D eigenvalue weighted by atomic mass is 10.4. The molecule has 0 fully saturated rings. The van der Waals surface area contributed by atoms with E-state index in [2.05, 4.69) is 26.3 Å². The van der Waals surface area contributed by atoms with Crippen LogP contribution in [0.2, 0.25) is 0 Å². The summed E-state index contributed by atoms with van der Waals surface area (Å²) in [7, 11) is 1.62. The fourth-order valence-electron chi connectivity index (χ4n) is 0.922. The average Bonchev–Trinajstić information content (AvgIpc) is 2.18. The van der Waals surface area contributed by atoms with Crippen LogP contribution in [-0.4, -0.2) is 28.3 Å². The molecule has 0 saturated heterocycles. The Kier molecular flexibility index (Phi) is 4.47. The van der Waals surface area contributed by atoms with Crippen molar-refractivity contribution in [1.29, 1.82) is 0 Å². The van der Waals surface area contributed by atoms with Gasteiger partial charge in [-0.3, -0.25) is 4.79 Å². The third-order valence-corrected chi connectivity index (χ3v) is 3.08. The lowest BCUT2D eigenvalue weighted by molar-refractivity contribution is 0.703. The van der Waals surface area contributed by atoms with E-state index in [4.69, 9.17) is 0 Å². The molecule has 0 aromatic carbocycles. The van der Waals surface area contributed by atoms with Gasteiger partial charge in [-0.2, -0.15) is 16.9 Å². The molecule has 0 radical (unpaired) electrons. The molecule has 0 bridgehead atoms. The maximum atomic E-state index is 11.4. The number of hydrogen-bond donors (Lipinski definition) is 1. The van der Waals surface area contributed by atoms with Crippen molar-refractivity contribution in [2.24, 2.45) is 7.05 Å². The van der Waals surface area contributed by atoms with Gasteiger partial charge in [0.15, 0.2) is 0 Å². The molecule has 14 heavy (non-hydrogen) atoms. The van der Waals surface area contributed by atoms with E-state index in [1.54, 1.807) is 25.0 Å². The summed E-state index contributed by atoms with van der Waals surface area (Å²) in [4.78, 5) is 11.4. The highest BCUT2D eigenvalue weighted by molar-refractivity contribution is 9.10. The molecule has 0 amide bonds. The van der Waals surface area contributed by atoms with Crippen molar-refractivity contribution in [1.82, 2.24) is 9.78 Å². The Morgan fingerprint density at radius 2 is 2.43 bits per heavy atom. The van der Waals surface area contributed by atoms with Crippen molar-refractivity contribution in [3.8, 4) is 0 Å². The largest absolute Gasteiger partial charge is 0.382 e. The Balaban J connectivity index is 2.79. The molecule has 0 unspecified atom stereocenters. The molecule has 0 aliphatic heterocycles. The van der Waals surface area contributed by atoms with Crippen LogP contribution in [0.5, 0.6) is 0 Å². The molecule has 0 atom stereocenters. The maximum Gasteiger partial charge on any atom is 0.282 e. The first-order valence-corrected chi connectivity index (χ1v) is 6.30. The Morgan fingerprint density at radius 1 is 1.71 bits per heavy atom. The summed E-state index contributed by atoms with van der Waals surface area (Å²) in [6, 6.07) is 0. The van der Waals surface area contributed by atoms with E-state index in [1.807, 2.05) is 6.26 Å². The average molecular weight is 278 g/mol. The van der Waals surface area contributed by atoms with Crippen LogP contribution < -0.4 is 10.9 Å². The molecule has 4 nitrogen and oxygen atoms in total. The van der Waals surface area contributed by atoms with Crippen LogP contribution in [0.1, 0.15) is 0 Å². The van der Waals surface area contributed by atoms with Crippen molar-refractivity contribution in [3.05, 3.63) is 21.0 Å². The molecule has 0 spiro atoms. The minimum Gasteiger partial charge on any atom is -0.382 e. The Bertz CT molecular complexity index is 366. The molecule has 78 valence electrons. The van der Waals surface area contributed by atoms with Crippen molar-refractivity contribution < 1.29 is 0 Å². The number of aromatic nitrogens is 2. The van der Waals surface area contributed by atoms with Gasteiger partial charge in [-0.1, -0.05) is 0 Å². The zero-order chi connectivity index (χ0) is 10.6. The number of aryl methyl sites for hydroxylation is 1. The molecule has 0 aliphatic carbocycles. The van der Waals surface area contributed by atoms with Crippen molar-refractivity contribution in [2.45, 2.75) is 0 Å². The predicted octanol–water partition coefficient (Wildman–Crippen LogP) is 1.32. The zero-order valence-corrected chi connectivity index (χ0v) is 10.5. The summed E-state index contributed by atoms with van der Waals surface area (Å²) in [5, 5.41) is 7.06. The molecule has 0 aliphatic rings. The highest BCUT2D eigenvalue weighted by Crippen LogP contribution is 2.15. The van der Waals surface area contributed by atoms with E-state index in [-0.39, 0.29) is 5.56 Å². The van der Waals surface area contributed by atoms with Gasteiger partial charge in [0.25, 0.3) is 5.56 Å². The SMILES string of the molecule is CSCCNc1cnn(C)c(=O)c1Br. The number of nitrogens with one attached hydrogen (secondary N) is 1. The van der Waals surface area contributed by atoms with Crippen LogP contribution in [0.15, 0.2) is 15.5 Å². The van der Waals surface area contributed by atoms with Crippen LogP contribution in [0.3, 0.4) is 0 Å². The van der Waals surface area contributed by atoms with Gasteiger partial charge in [0.05, 0.1) is 11.9 Å². The number of anilines is 1. The summed E-state index contributed by atoms with van der Waals surface area (Å²) < 4.78 is 1.83. The van der Waals surface area contributed by atoms with Crippen LogP contribution in [-0.2, 0) is 7.05 Å². The normalized spacial score (nSPS) is 10.2. The fraction of sp³-hybridized carbons (Fsp3) is 0.500. The van der Waals surface area contributed by atoms with Crippen LogP contribution in [0.4, 0.5) is 5.69 Å². The van der Waals surface area contributed by atoms with E-state index in [1.165, 1.54) is 4.68 Å². The first kappa shape index (κ1) is 11.6. The second-order valence-corrected chi connectivity index (χ2v) is 4.50. The van der Waals surface area contributed by atoms with Gasteiger partial charge in [0, 0.05) is 19.3 Å². The standard InChI is InChI=1S/C8H12BrN3OS/c1-12-8(13)7(9)6(5-11-12)10-3-4-14-2/h5,10H,3-4H2,1-2H3. The highest BCUT2D eigenvalue weighted by atomic mass is 79.9. The van der Waals surface area contributed by atoms with E-state index in [0.717, 1.165) is 18.0 Å². The monoisotopic (exact) mass is 277 g/mol. The molecule has 1 heterocycles. The minimum absolute atomic E-state index is 0.126. The molecule has 0 saturated carbocycles. The third-order valence-electron chi connectivity index (χ3n) is 1.70. The summed E-state index contributed by atoms with van der Waals surface area (Å²) in [6.45, 7) is 0.828. The number of rotatable bonds is 4. The number of nitrogens with zero attached hydrogens (tertiary/aromatic N) is 2. The quantitative estimate of drug-likeness (QED) is 0.844. The maximum absolute atomic E-state index is 11.4. The summed E-state index contributed by atoms with van der Waals surface area (Å²) in [6.07, 6.45) is 3.69. The van der Waals surface area contributed by atoms with E-state index in [9.17, 15) is 4.79 Å². The van der Waals surface area contributed by atoms with E-state index in [0.29, 0.717) is 4.47 Å². The van der Waals surface area contributed by atoms with Gasteiger partial charge in [-0.15, -0.1) is 0 Å². The summed E-state index contributed by atoms with van der Waals surface area (Å²) in [5.41, 5.74) is 0.626. The van der Waals surface area contributed by atoms with E-state index < -0.39 is 0 Å². The van der Waals surface area contributed by atoms with Gasteiger partial charge < -0.3 is 5.32 Å². The van der Waals surface area contributed by atoms with Gasteiger partial charge in [0.1, 0.15) is 4.47 Å². The number of halogens is 1. The number of thioether (sulfide) groups is 1. The van der Waals surface area contributed by atoms with Gasteiger partial charge in [0.2, 0.25) is 0 Å². The van der Waals surface area contributed by atoms with Crippen LogP contribution in [0.25, 0.3) is 0 Å². The van der Waals surface area contributed by atoms with Crippen LogP contribution >= 0.6 is 27.7 Å². The second kappa shape index (κ2) is 5.41. The molecule has 6 heteroatoms. The lowest BCUT2D eigenvalue weighted by Crippen LogP contribution is -2.21. The highest BCUT2D eigenvalue weighted by Gasteiger charge is 2.05.